The van der Waals surface area contributed by atoms with Crippen molar-refractivity contribution in [3.05, 3.63) is 34.9 Å². The van der Waals surface area contributed by atoms with Gasteiger partial charge in [-0.1, -0.05) is 25.1 Å². The highest BCUT2D eigenvalue weighted by molar-refractivity contribution is 5.93. The number of benzene rings is 1. The first kappa shape index (κ1) is 13.0. The van der Waals surface area contributed by atoms with E-state index in [0.29, 0.717) is 5.56 Å². The fourth-order valence-corrected chi connectivity index (χ4v) is 2.14. The van der Waals surface area contributed by atoms with Crippen LogP contribution in [0, 0.1) is 0 Å². The van der Waals surface area contributed by atoms with E-state index in [2.05, 4.69) is 0 Å². The Kier molecular flexibility index (Phi) is 3.37. The smallest absolute Gasteiger partial charge is 0.338 e. The highest BCUT2D eigenvalue weighted by Gasteiger charge is 2.42. The van der Waals surface area contributed by atoms with Gasteiger partial charge in [-0.05, 0) is 30.7 Å². The van der Waals surface area contributed by atoms with Crippen molar-refractivity contribution in [3.8, 4) is 0 Å². The van der Waals surface area contributed by atoms with E-state index < -0.39 is 12.4 Å². The number of carbonyl (C=O) groups excluding carboxylic acids is 1. The van der Waals surface area contributed by atoms with E-state index in [9.17, 15) is 13.6 Å². The number of alkyl halides is 2. The Bertz CT molecular complexity index is 465. The van der Waals surface area contributed by atoms with Crippen molar-refractivity contribution in [1.82, 2.24) is 0 Å². The van der Waals surface area contributed by atoms with Crippen LogP contribution < -0.4 is 0 Å². The molecule has 1 aliphatic carbocycles. The predicted molar refractivity (Wildman–Crippen MR) is 63.9 cm³/mol. The zero-order chi connectivity index (χ0) is 13.3. The molecule has 0 bridgehead atoms. The van der Waals surface area contributed by atoms with Crippen LogP contribution in [0.3, 0.4) is 0 Å². The minimum Gasteiger partial charge on any atom is -0.462 e. The van der Waals surface area contributed by atoms with Gasteiger partial charge in [-0.25, -0.2) is 13.6 Å². The second-order valence-corrected chi connectivity index (χ2v) is 4.85. The standard InChI is InChI=1S/C14H16F2O2/c1-3-18-13(17)11-9(12(15)16)5-4-6-10(11)14(2)7-8-14/h4-6,12H,3,7-8H2,1-2H3. The second-order valence-electron chi connectivity index (χ2n) is 4.85. The lowest BCUT2D eigenvalue weighted by atomic mass is 9.90. The molecule has 0 saturated heterocycles. The van der Waals surface area contributed by atoms with Crippen molar-refractivity contribution in [2.75, 3.05) is 6.61 Å². The first-order valence-electron chi connectivity index (χ1n) is 6.08. The maximum Gasteiger partial charge on any atom is 0.338 e. The molecule has 0 unspecified atom stereocenters. The molecule has 0 amide bonds. The Morgan fingerprint density at radius 2 is 2.11 bits per heavy atom. The summed E-state index contributed by atoms with van der Waals surface area (Å²) in [7, 11) is 0. The minimum atomic E-state index is -2.66. The van der Waals surface area contributed by atoms with E-state index in [4.69, 9.17) is 4.74 Å². The van der Waals surface area contributed by atoms with Gasteiger partial charge >= 0.3 is 5.97 Å². The second kappa shape index (κ2) is 4.67. The number of hydrogen-bond donors (Lipinski definition) is 0. The fraction of sp³-hybridized carbons (Fsp3) is 0.500. The molecule has 98 valence electrons. The first-order chi connectivity index (χ1) is 8.49. The van der Waals surface area contributed by atoms with Gasteiger partial charge in [-0.3, -0.25) is 0 Å². The highest BCUT2D eigenvalue weighted by atomic mass is 19.3. The third-order valence-electron chi connectivity index (χ3n) is 3.46. The van der Waals surface area contributed by atoms with Crippen molar-refractivity contribution in [2.24, 2.45) is 0 Å². The lowest BCUT2D eigenvalue weighted by Crippen LogP contribution is -2.16. The minimum absolute atomic E-state index is 0.0642. The molecular formula is C14H16F2O2. The third kappa shape index (κ3) is 2.24. The Morgan fingerprint density at radius 3 is 2.61 bits per heavy atom. The number of rotatable bonds is 4. The van der Waals surface area contributed by atoms with E-state index >= 15 is 0 Å². The summed E-state index contributed by atoms with van der Waals surface area (Å²) < 4.78 is 30.9. The largest absolute Gasteiger partial charge is 0.462 e. The molecule has 1 aliphatic rings. The molecule has 1 aromatic carbocycles. The summed E-state index contributed by atoms with van der Waals surface area (Å²) >= 11 is 0. The summed E-state index contributed by atoms with van der Waals surface area (Å²) in [6.07, 6.45) is -0.815. The Hall–Kier alpha value is -1.45. The average Bonchev–Trinajstić information content (AvgIpc) is 3.08. The average molecular weight is 254 g/mol. The summed E-state index contributed by atoms with van der Waals surface area (Å²) in [4.78, 5) is 11.9. The number of esters is 1. The summed E-state index contributed by atoms with van der Waals surface area (Å²) in [5, 5.41) is 0. The quantitative estimate of drug-likeness (QED) is 0.763. The topological polar surface area (TPSA) is 26.3 Å². The molecule has 4 heteroatoms. The highest BCUT2D eigenvalue weighted by Crippen LogP contribution is 2.49. The predicted octanol–water partition coefficient (Wildman–Crippen LogP) is 3.85. The molecule has 0 aliphatic heterocycles. The molecule has 0 radical (unpaired) electrons. The molecule has 1 saturated carbocycles. The zero-order valence-corrected chi connectivity index (χ0v) is 10.5. The molecule has 0 spiro atoms. The maximum absolute atomic E-state index is 13.0. The van der Waals surface area contributed by atoms with Gasteiger partial charge in [-0.2, -0.15) is 0 Å². The van der Waals surface area contributed by atoms with Crippen molar-refractivity contribution >= 4 is 5.97 Å². The molecule has 1 aromatic rings. The Balaban J connectivity index is 2.53. The molecule has 1 fully saturated rings. The summed E-state index contributed by atoms with van der Waals surface area (Å²) in [5.74, 6) is -0.642. The van der Waals surface area contributed by atoms with Crippen molar-refractivity contribution in [3.63, 3.8) is 0 Å². The van der Waals surface area contributed by atoms with Gasteiger partial charge in [0.15, 0.2) is 0 Å². The van der Waals surface area contributed by atoms with Crippen LogP contribution in [0.1, 0.15) is 54.6 Å². The zero-order valence-electron chi connectivity index (χ0n) is 10.5. The van der Waals surface area contributed by atoms with Crippen molar-refractivity contribution in [2.45, 2.75) is 38.5 Å². The van der Waals surface area contributed by atoms with E-state index in [0.717, 1.165) is 12.8 Å². The van der Waals surface area contributed by atoms with Gasteiger partial charge in [-0.15, -0.1) is 0 Å². The fourth-order valence-electron chi connectivity index (χ4n) is 2.14. The van der Waals surface area contributed by atoms with Crippen LogP contribution in [-0.4, -0.2) is 12.6 Å². The van der Waals surface area contributed by atoms with Crippen molar-refractivity contribution in [1.29, 1.82) is 0 Å². The van der Waals surface area contributed by atoms with E-state index in [1.807, 2.05) is 6.92 Å². The lowest BCUT2D eigenvalue weighted by Gasteiger charge is -2.17. The van der Waals surface area contributed by atoms with Gasteiger partial charge in [0.05, 0.1) is 12.2 Å². The Labute approximate surface area is 105 Å². The number of ether oxygens (including phenoxy) is 1. The molecule has 2 rings (SSSR count). The van der Waals surface area contributed by atoms with Crippen LogP contribution in [0.25, 0.3) is 0 Å². The molecule has 2 nitrogen and oxygen atoms in total. The SMILES string of the molecule is CCOC(=O)c1c(C(F)F)cccc1C1(C)CC1. The van der Waals surface area contributed by atoms with E-state index in [1.54, 1.807) is 19.1 Å². The molecule has 0 N–H and O–H groups in total. The summed E-state index contributed by atoms with van der Waals surface area (Å²) in [6.45, 7) is 3.84. The monoisotopic (exact) mass is 254 g/mol. The van der Waals surface area contributed by atoms with Crippen LogP contribution in [0.15, 0.2) is 18.2 Å². The van der Waals surface area contributed by atoms with Gasteiger partial charge < -0.3 is 4.74 Å². The van der Waals surface area contributed by atoms with Crippen LogP contribution in [0.4, 0.5) is 8.78 Å². The Morgan fingerprint density at radius 1 is 1.44 bits per heavy atom. The van der Waals surface area contributed by atoms with Crippen LogP contribution >= 0.6 is 0 Å². The van der Waals surface area contributed by atoms with Crippen LogP contribution in [0.5, 0.6) is 0 Å². The first-order valence-corrected chi connectivity index (χ1v) is 6.08. The van der Waals surface area contributed by atoms with Crippen molar-refractivity contribution < 1.29 is 18.3 Å². The van der Waals surface area contributed by atoms with Gasteiger partial charge in [0.1, 0.15) is 0 Å². The number of hydrogen-bond acceptors (Lipinski definition) is 2. The van der Waals surface area contributed by atoms with E-state index in [1.165, 1.54) is 6.07 Å². The van der Waals surface area contributed by atoms with Gasteiger partial charge in [0.2, 0.25) is 0 Å². The molecule has 0 heterocycles. The van der Waals surface area contributed by atoms with Gasteiger partial charge in [0, 0.05) is 5.56 Å². The lowest BCUT2D eigenvalue weighted by molar-refractivity contribution is 0.0513. The normalized spacial score (nSPS) is 16.7. The molecule has 18 heavy (non-hydrogen) atoms. The summed E-state index contributed by atoms with van der Waals surface area (Å²) in [6, 6.07) is 4.64. The maximum atomic E-state index is 13.0. The number of halogens is 2. The van der Waals surface area contributed by atoms with E-state index in [-0.39, 0.29) is 23.1 Å². The molecule has 0 aromatic heterocycles. The molecule has 0 atom stereocenters. The number of carbonyl (C=O) groups is 1. The third-order valence-corrected chi connectivity index (χ3v) is 3.46. The van der Waals surface area contributed by atoms with Crippen LogP contribution in [-0.2, 0) is 10.2 Å². The van der Waals surface area contributed by atoms with Gasteiger partial charge in [0.25, 0.3) is 6.43 Å². The molecular weight excluding hydrogens is 238 g/mol. The summed E-state index contributed by atoms with van der Waals surface area (Å²) in [5.41, 5.74) is 0.389. The van der Waals surface area contributed by atoms with Crippen LogP contribution in [0.2, 0.25) is 0 Å².